The van der Waals surface area contributed by atoms with Crippen molar-refractivity contribution in [2.45, 2.75) is 31.5 Å². The average molecular weight is 432 g/mol. The predicted molar refractivity (Wildman–Crippen MR) is 106 cm³/mol. The number of aromatic nitrogens is 2. The number of aromatic carboxylic acids is 1. The van der Waals surface area contributed by atoms with E-state index in [2.05, 4.69) is 10.1 Å². The van der Waals surface area contributed by atoms with Gasteiger partial charge in [0.1, 0.15) is 5.82 Å². The number of halogens is 2. The summed E-state index contributed by atoms with van der Waals surface area (Å²) >= 11 is 6.07. The Balaban J connectivity index is 1.48. The quantitative estimate of drug-likeness (QED) is 0.616. The van der Waals surface area contributed by atoms with Crippen LogP contribution in [-0.4, -0.2) is 43.9 Å². The Kier molecular flexibility index (Phi) is 5.80. The zero-order valence-corrected chi connectivity index (χ0v) is 16.6. The summed E-state index contributed by atoms with van der Waals surface area (Å²) in [6.45, 7) is 0.940. The van der Waals surface area contributed by atoms with Crippen molar-refractivity contribution < 1.29 is 23.9 Å². The number of hydrogen-bond donors (Lipinski definition) is 2. The van der Waals surface area contributed by atoms with Crippen LogP contribution in [0.5, 0.6) is 0 Å². The van der Waals surface area contributed by atoms with Gasteiger partial charge < -0.3 is 14.7 Å². The van der Waals surface area contributed by atoms with Gasteiger partial charge in [0.05, 0.1) is 17.7 Å². The number of nitrogens with zero attached hydrogens (tertiary/aromatic N) is 3. The van der Waals surface area contributed by atoms with E-state index in [4.69, 9.17) is 21.2 Å². The van der Waals surface area contributed by atoms with Crippen LogP contribution in [0.1, 0.15) is 45.7 Å². The summed E-state index contributed by atoms with van der Waals surface area (Å²) in [5, 5.41) is 23.5. The third kappa shape index (κ3) is 4.51. The molecule has 0 aliphatic carbocycles. The van der Waals surface area contributed by atoms with Crippen molar-refractivity contribution in [1.29, 1.82) is 0 Å². The fourth-order valence-electron chi connectivity index (χ4n) is 3.61. The zero-order valence-electron chi connectivity index (χ0n) is 15.8. The van der Waals surface area contributed by atoms with Gasteiger partial charge in [-0.2, -0.15) is 4.98 Å². The number of hydrogen-bond acceptors (Lipinski definition) is 6. The molecule has 1 aliphatic rings. The highest BCUT2D eigenvalue weighted by Crippen LogP contribution is 2.33. The maximum absolute atomic E-state index is 13.2. The Morgan fingerprint density at radius 3 is 2.73 bits per heavy atom. The first-order valence-electron chi connectivity index (χ1n) is 9.40. The van der Waals surface area contributed by atoms with Crippen molar-refractivity contribution >= 4 is 17.6 Å². The van der Waals surface area contributed by atoms with Crippen LogP contribution in [0, 0.1) is 5.82 Å². The lowest BCUT2D eigenvalue weighted by Crippen LogP contribution is -2.24. The number of rotatable bonds is 6. The summed E-state index contributed by atoms with van der Waals surface area (Å²) in [7, 11) is 0. The number of benzene rings is 2. The molecule has 1 aliphatic heterocycles. The molecule has 3 aromatic rings. The molecule has 9 heteroatoms. The van der Waals surface area contributed by atoms with E-state index < -0.39 is 17.9 Å². The molecule has 156 valence electrons. The zero-order chi connectivity index (χ0) is 21.3. The molecule has 2 heterocycles. The fraction of sp³-hybridized carbons (Fsp3) is 0.286. The molecule has 30 heavy (non-hydrogen) atoms. The van der Waals surface area contributed by atoms with Crippen molar-refractivity contribution in [2.24, 2.45) is 0 Å². The lowest BCUT2D eigenvalue weighted by atomic mass is 10.1. The molecule has 2 N–H and O–H groups in total. The largest absolute Gasteiger partial charge is 0.478 e. The van der Waals surface area contributed by atoms with E-state index in [-0.39, 0.29) is 11.6 Å². The first-order valence-corrected chi connectivity index (χ1v) is 9.77. The number of aliphatic hydroxyl groups excluding tert-OH is 1. The standard InChI is InChI=1S/C21H19ClFN3O4/c22-17-8-15(23)6-5-14(17)7-19-24-20(30-25-19)18-9-16(27)11-26(18)10-12-1-3-13(4-2-12)21(28)29/h1-6,8,16,18,27H,7,9-11H2,(H,28,29). The summed E-state index contributed by atoms with van der Waals surface area (Å²) in [5.74, 6) is -0.576. The van der Waals surface area contributed by atoms with E-state index in [9.17, 15) is 14.3 Å². The minimum atomic E-state index is -0.976. The predicted octanol–water partition coefficient (Wildman–Crippen LogP) is 3.46. The number of carboxylic acids is 1. The number of β-amino-alcohol motifs (C(OH)–C–C–N with tert-alkyl or cyclic N) is 1. The third-order valence-corrected chi connectivity index (χ3v) is 5.45. The van der Waals surface area contributed by atoms with Crippen molar-refractivity contribution in [1.82, 2.24) is 15.0 Å². The third-order valence-electron chi connectivity index (χ3n) is 5.10. The first kappa shape index (κ1) is 20.5. The summed E-state index contributed by atoms with van der Waals surface area (Å²) in [5.41, 5.74) is 1.82. The molecular weight excluding hydrogens is 413 g/mol. The second kappa shape index (κ2) is 8.51. The van der Waals surface area contributed by atoms with E-state index in [0.29, 0.717) is 48.2 Å². The Hall–Kier alpha value is -2.81. The number of carbonyl (C=O) groups is 1. The molecular formula is C21H19ClFN3O4. The topological polar surface area (TPSA) is 99.7 Å². The van der Waals surface area contributed by atoms with Crippen LogP contribution >= 0.6 is 11.6 Å². The Bertz CT molecular complexity index is 1060. The van der Waals surface area contributed by atoms with E-state index in [1.165, 1.54) is 12.1 Å². The van der Waals surface area contributed by atoms with Gasteiger partial charge in [0, 0.05) is 24.5 Å². The van der Waals surface area contributed by atoms with Gasteiger partial charge in [-0.3, -0.25) is 4.90 Å². The van der Waals surface area contributed by atoms with E-state index in [1.807, 2.05) is 4.90 Å². The minimum absolute atomic E-state index is 0.220. The molecule has 0 amide bonds. The molecule has 2 atom stereocenters. The average Bonchev–Trinajstić information content (AvgIpc) is 3.30. The molecule has 7 nitrogen and oxygen atoms in total. The highest BCUT2D eigenvalue weighted by Gasteiger charge is 2.35. The first-order chi connectivity index (χ1) is 14.4. The lowest BCUT2D eigenvalue weighted by molar-refractivity contribution is 0.0697. The molecule has 2 aromatic carbocycles. The maximum atomic E-state index is 13.2. The molecule has 2 unspecified atom stereocenters. The summed E-state index contributed by atoms with van der Waals surface area (Å²) in [4.78, 5) is 17.5. The summed E-state index contributed by atoms with van der Waals surface area (Å²) in [6.07, 6.45) is 0.218. The van der Waals surface area contributed by atoms with Gasteiger partial charge in [0.25, 0.3) is 0 Å². The van der Waals surface area contributed by atoms with E-state index >= 15 is 0 Å². The van der Waals surface area contributed by atoms with Crippen LogP contribution in [0.2, 0.25) is 5.02 Å². The fourth-order valence-corrected chi connectivity index (χ4v) is 3.84. The van der Waals surface area contributed by atoms with Crippen molar-refractivity contribution in [3.05, 3.63) is 81.7 Å². The summed E-state index contributed by atoms with van der Waals surface area (Å²) < 4.78 is 18.7. The van der Waals surface area contributed by atoms with Gasteiger partial charge >= 0.3 is 5.97 Å². The maximum Gasteiger partial charge on any atom is 0.335 e. The second-order valence-electron chi connectivity index (χ2n) is 7.30. The van der Waals surface area contributed by atoms with Gasteiger partial charge in [-0.05, 0) is 41.8 Å². The van der Waals surface area contributed by atoms with Crippen molar-refractivity contribution in [3.8, 4) is 0 Å². The van der Waals surface area contributed by atoms with Crippen molar-refractivity contribution in [2.75, 3.05) is 6.54 Å². The van der Waals surface area contributed by atoms with Gasteiger partial charge in [-0.25, -0.2) is 9.18 Å². The van der Waals surface area contributed by atoms with Gasteiger partial charge in [-0.1, -0.05) is 35.0 Å². The van der Waals surface area contributed by atoms with E-state index in [1.54, 1.807) is 30.3 Å². The molecule has 0 bridgehead atoms. The highest BCUT2D eigenvalue weighted by atomic mass is 35.5. The van der Waals surface area contributed by atoms with Gasteiger partial charge in [0.2, 0.25) is 5.89 Å². The van der Waals surface area contributed by atoms with Crippen LogP contribution < -0.4 is 0 Å². The van der Waals surface area contributed by atoms with Gasteiger partial charge in [0.15, 0.2) is 5.82 Å². The SMILES string of the molecule is O=C(O)c1ccc(CN2CC(O)CC2c2nc(Cc3ccc(F)cc3Cl)no2)cc1. The number of carboxylic acid groups (broad SMARTS) is 1. The van der Waals surface area contributed by atoms with Crippen LogP contribution in [0.4, 0.5) is 4.39 Å². The lowest BCUT2D eigenvalue weighted by Gasteiger charge is -2.21. The Morgan fingerprint density at radius 2 is 2.03 bits per heavy atom. The molecule has 1 fully saturated rings. The minimum Gasteiger partial charge on any atom is -0.478 e. The number of aliphatic hydroxyl groups is 1. The highest BCUT2D eigenvalue weighted by molar-refractivity contribution is 6.31. The normalized spacial score (nSPS) is 19.3. The van der Waals surface area contributed by atoms with Crippen LogP contribution in [0.3, 0.4) is 0 Å². The molecule has 0 saturated carbocycles. The van der Waals surface area contributed by atoms with Crippen LogP contribution in [-0.2, 0) is 13.0 Å². The van der Waals surface area contributed by atoms with E-state index in [0.717, 1.165) is 5.56 Å². The number of likely N-dealkylation sites (tertiary alicyclic amines) is 1. The molecule has 1 saturated heterocycles. The Labute approximate surface area is 176 Å². The molecule has 0 spiro atoms. The summed E-state index contributed by atoms with van der Waals surface area (Å²) in [6, 6.07) is 10.5. The molecule has 4 rings (SSSR count). The van der Waals surface area contributed by atoms with Crippen LogP contribution in [0.25, 0.3) is 0 Å². The molecule has 1 aromatic heterocycles. The van der Waals surface area contributed by atoms with Gasteiger partial charge in [-0.15, -0.1) is 0 Å². The smallest absolute Gasteiger partial charge is 0.335 e. The monoisotopic (exact) mass is 431 g/mol. The van der Waals surface area contributed by atoms with Crippen molar-refractivity contribution in [3.63, 3.8) is 0 Å². The van der Waals surface area contributed by atoms with Crippen LogP contribution in [0.15, 0.2) is 47.0 Å². The molecule has 0 radical (unpaired) electrons. The second-order valence-corrected chi connectivity index (χ2v) is 7.71. The Morgan fingerprint density at radius 1 is 1.27 bits per heavy atom.